The highest BCUT2D eigenvalue weighted by molar-refractivity contribution is 5.80. The number of piperidine rings is 1. The van der Waals surface area contributed by atoms with Crippen molar-refractivity contribution in [1.29, 1.82) is 0 Å². The molecule has 1 fully saturated rings. The minimum absolute atomic E-state index is 0.221. The Labute approximate surface area is 144 Å². The van der Waals surface area contributed by atoms with E-state index in [0.29, 0.717) is 13.0 Å². The highest BCUT2D eigenvalue weighted by Gasteiger charge is 2.17. The summed E-state index contributed by atoms with van der Waals surface area (Å²) in [4.78, 5) is 18.0. The van der Waals surface area contributed by atoms with Gasteiger partial charge in [0.25, 0.3) is 0 Å². The number of hydrogen-bond acceptors (Lipinski definition) is 3. The second-order valence-electron chi connectivity index (χ2n) is 5.76. The maximum absolute atomic E-state index is 11.2. The lowest BCUT2D eigenvalue weighted by atomic mass is 10.0. The highest BCUT2D eigenvalue weighted by atomic mass is 16.5. The quantitative estimate of drug-likeness (QED) is 0.513. The summed E-state index contributed by atoms with van der Waals surface area (Å²) in [7, 11) is 1.41. The van der Waals surface area contributed by atoms with Gasteiger partial charge in [0.05, 0.1) is 20.1 Å². The molecule has 1 aliphatic heterocycles. The molecule has 0 atom stereocenters. The van der Waals surface area contributed by atoms with Crippen molar-refractivity contribution in [3.05, 3.63) is 41.5 Å². The number of nitrogens with zero attached hydrogens (tertiary/aromatic N) is 2. The third-order valence-electron chi connectivity index (χ3n) is 4.02. The van der Waals surface area contributed by atoms with Crippen LogP contribution in [0.1, 0.15) is 31.7 Å². The van der Waals surface area contributed by atoms with Crippen molar-refractivity contribution in [2.24, 2.45) is 4.99 Å². The molecule has 0 aromatic heterocycles. The van der Waals surface area contributed by atoms with Gasteiger partial charge in [0.15, 0.2) is 5.96 Å². The molecule has 0 radical (unpaired) electrons. The normalized spacial score (nSPS) is 15.2. The smallest absolute Gasteiger partial charge is 0.307 e. The van der Waals surface area contributed by atoms with Crippen LogP contribution in [-0.2, 0) is 9.53 Å². The number of methoxy groups -OCH3 is 1. The summed E-state index contributed by atoms with van der Waals surface area (Å²) in [6, 6.07) is 10.4. The topological polar surface area (TPSA) is 53.9 Å². The van der Waals surface area contributed by atoms with E-state index >= 15 is 0 Å². The first-order valence-electron chi connectivity index (χ1n) is 8.57. The molecule has 1 aliphatic rings. The molecule has 0 unspecified atom stereocenters. The molecule has 5 nitrogen and oxygen atoms in total. The van der Waals surface area contributed by atoms with Crippen LogP contribution in [0.5, 0.6) is 0 Å². The highest BCUT2D eigenvalue weighted by Crippen LogP contribution is 2.19. The summed E-state index contributed by atoms with van der Waals surface area (Å²) in [6.07, 6.45) is 4.68. The van der Waals surface area contributed by atoms with E-state index in [1.54, 1.807) is 0 Å². The first-order valence-corrected chi connectivity index (χ1v) is 8.57. The lowest BCUT2D eigenvalue weighted by Gasteiger charge is -2.31. The molecule has 1 saturated heterocycles. The Morgan fingerprint density at radius 2 is 2.00 bits per heavy atom. The van der Waals surface area contributed by atoms with E-state index in [2.05, 4.69) is 57.2 Å². The molecule has 1 aromatic rings. The van der Waals surface area contributed by atoms with Crippen molar-refractivity contribution in [2.75, 3.05) is 33.3 Å². The SMILES string of the molecule is CCNC(=NCCC(=O)OC)N1CCC(=Cc2ccccc2)CC1. The van der Waals surface area contributed by atoms with E-state index in [-0.39, 0.29) is 5.97 Å². The van der Waals surface area contributed by atoms with Crippen molar-refractivity contribution in [3.63, 3.8) is 0 Å². The number of aliphatic imine (C=N–C) groups is 1. The van der Waals surface area contributed by atoms with Crippen molar-refractivity contribution in [1.82, 2.24) is 10.2 Å². The molecule has 24 heavy (non-hydrogen) atoms. The van der Waals surface area contributed by atoms with E-state index < -0.39 is 0 Å². The standard InChI is InChI=1S/C19H27N3O2/c1-3-20-19(21-12-9-18(23)24-2)22-13-10-17(11-14-22)15-16-7-5-4-6-8-16/h4-8,15H,3,9-14H2,1-2H3,(H,20,21). The van der Waals surface area contributed by atoms with Crippen LogP contribution in [0.15, 0.2) is 40.9 Å². The number of hydrogen-bond donors (Lipinski definition) is 1. The van der Waals surface area contributed by atoms with E-state index in [0.717, 1.165) is 38.4 Å². The molecule has 1 heterocycles. The van der Waals surface area contributed by atoms with Crippen LogP contribution in [0.3, 0.4) is 0 Å². The number of esters is 1. The molecule has 130 valence electrons. The van der Waals surface area contributed by atoms with E-state index in [1.807, 2.05) is 6.07 Å². The maximum atomic E-state index is 11.2. The second kappa shape index (κ2) is 9.75. The van der Waals surface area contributed by atoms with Gasteiger partial charge in [-0.15, -0.1) is 0 Å². The van der Waals surface area contributed by atoms with Gasteiger partial charge < -0.3 is 15.0 Å². The predicted molar refractivity (Wildman–Crippen MR) is 97.8 cm³/mol. The Balaban J connectivity index is 1.91. The minimum atomic E-state index is -0.221. The second-order valence-corrected chi connectivity index (χ2v) is 5.76. The monoisotopic (exact) mass is 329 g/mol. The fourth-order valence-corrected chi connectivity index (χ4v) is 2.72. The third-order valence-corrected chi connectivity index (χ3v) is 4.02. The van der Waals surface area contributed by atoms with E-state index in [1.165, 1.54) is 18.2 Å². The van der Waals surface area contributed by atoms with Gasteiger partial charge in [-0.2, -0.15) is 0 Å². The zero-order chi connectivity index (χ0) is 17.2. The fraction of sp³-hybridized carbons (Fsp3) is 0.474. The van der Waals surface area contributed by atoms with Gasteiger partial charge in [-0.3, -0.25) is 9.79 Å². The number of carbonyl (C=O) groups excluding carboxylic acids is 1. The summed E-state index contributed by atoms with van der Waals surface area (Å²) in [5.41, 5.74) is 2.74. The molecule has 0 saturated carbocycles. The summed E-state index contributed by atoms with van der Waals surface area (Å²) < 4.78 is 4.66. The summed E-state index contributed by atoms with van der Waals surface area (Å²) in [5.74, 6) is 0.668. The molecule has 0 bridgehead atoms. The number of guanidine groups is 1. The molecular formula is C19H27N3O2. The van der Waals surface area contributed by atoms with Crippen LogP contribution < -0.4 is 5.32 Å². The Hall–Kier alpha value is -2.30. The zero-order valence-electron chi connectivity index (χ0n) is 14.6. The van der Waals surface area contributed by atoms with Crippen molar-refractivity contribution in [2.45, 2.75) is 26.2 Å². The molecular weight excluding hydrogens is 302 g/mol. The van der Waals surface area contributed by atoms with Gasteiger partial charge in [-0.25, -0.2) is 0 Å². The Bertz CT molecular complexity index is 572. The van der Waals surface area contributed by atoms with Crippen LogP contribution in [-0.4, -0.2) is 50.1 Å². The number of likely N-dealkylation sites (tertiary alicyclic amines) is 1. The summed E-state index contributed by atoms with van der Waals surface area (Å²) in [5, 5.41) is 3.31. The Kier molecular flexibility index (Phi) is 7.33. The van der Waals surface area contributed by atoms with Crippen LogP contribution in [0, 0.1) is 0 Å². The number of rotatable bonds is 5. The average Bonchev–Trinajstić information content (AvgIpc) is 2.62. The van der Waals surface area contributed by atoms with Gasteiger partial charge in [0, 0.05) is 19.6 Å². The molecule has 0 amide bonds. The average molecular weight is 329 g/mol. The van der Waals surface area contributed by atoms with Gasteiger partial charge in [-0.1, -0.05) is 42.0 Å². The van der Waals surface area contributed by atoms with Gasteiger partial charge in [0.1, 0.15) is 0 Å². The number of benzene rings is 1. The van der Waals surface area contributed by atoms with Crippen LogP contribution in [0.25, 0.3) is 6.08 Å². The lowest BCUT2D eigenvalue weighted by molar-refractivity contribution is -0.140. The van der Waals surface area contributed by atoms with Crippen LogP contribution in [0.2, 0.25) is 0 Å². The molecule has 0 aliphatic carbocycles. The van der Waals surface area contributed by atoms with E-state index in [4.69, 9.17) is 0 Å². The van der Waals surface area contributed by atoms with Crippen LogP contribution in [0.4, 0.5) is 0 Å². The third kappa shape index (κ3) is 5.72. The minimum Gasteiger partial charge on any atom is -0.469 e. The zero-order valence-corrected chi connectivity index (χ0v) is 14.6. The van der Waals surface area contributed by atoms with Gasteiger partial charge in [-0.05, 0) is 25.3 Å². The number of carbonyl (C=O) groups is 1. The Morgan fingerprint density at radius 3 is 2.62 bits per heavy atom. The van der Waals surface area contributed by atoms with Gasteiger partial charge in [0.2, 0.25) is 0 Å². The maximum Gasteiger partial charge on any atom is 0.307 e. The molecule has 1 aromatic carbocycles. The number of nitrogens with one attached hydrogen (secondary N) is 1. The van der Waals surface area contributed by atoms with Gasteiger partial charge >= 0.3 is 5.97 Å². The summed E-state index contributed by atoms with van der Waals surface area (Å²) >= 11 is 0. The molecule has 1 N–H and O–H groups in total. The molecule has 0 spiro atoms. The van der Waals surface area contributed by atoms with Crippen molar-refractivity contribution < 1.29 is 9.53 Å². The first kappa shape index (κ1) is 18.0. The predicted octanol–water partition coefficient (Wildman–Crippen LogP) is 2.69. The molecule has 2 rings (SSSR count). The first-order chi connectivity index (χ1) is 11.7. The molecule has 5 heteroatoms. The van der Waals surface area contributed by atoms with Crippen molar-refractivity contribution >= 4 is 18.0 Å². The summed E-state index contributed by atoms with van der Waals surface area (Å²) in [6.45, 7) is 5.23. The van der Waals surface area contributed by atoms with Crippen molar-refractivity contribution in [3.8, 4) is 0 Å². The van der Waals surface area contributed by atoms with E-state index in [9.17, 15) is 4.79 Å². The largest absolute Gasteiger partial charge is 0.469 e. The fourth-order valence-electron chi connectivity index (χ4n) is 2.72. The lowest BCUT2D eigenvalue weighted by Crippen LogP contribution is -2.44. The van der Waals surface area contributed by atoms with Crippen LogP contribution >= 0.6 is 0 Å². The number of ether oxygens (including phenoxy) is 1. The Morgan fingerprint density at radius 1 is 1.29 bits per heavy atom.